The lowest BCUT2D eigenvalue weighted by atomic mass is 10.0. The zero-order valence-corrected chi connectivity index (χ0v) is 12.5. The molecule has 0 bridgehead atoms. The highest BCUT2D eigenvalue weighted by atomic mass is 35.5. The molecule has 0 saturated carbocycles. The van der Waals surface area contributed by atoms with E-state index in [9.17, 15) is 0 Å². The van der Waals surface area contributed by atoms with Crippen molar-refractivity contribution < 1.29 is 9.47 Å². The largest absolute Gasteiger partial charge is 0.486 e. The van der Waals surface area contributed by atoms with E-state index in [0.29, 0.717) is 30.5 Å². The summed E-state index contributed by atoms with van der Waals surface area (Å²) >= 11 is 6.32. The van der Waals surface area contributed by atoms with E-state index in [4.69, 9.17) is 26.8 Å². The van der Waals surface area contributed by atoms with Gasteiger partial charge in [0.1, 0.15) is 13.2 Å². The van der Waals surface area contributed by atoms with Gasteiger partial charge in [0.05, 0.1) is 5.02 Å². The Morgan fingerprint density at radius 1 is 1.40 bits per heavy atom. The van der Waals surface area contributed by atoms with Crippen LogP contribution in [0.4, 0.5) is 0 Å². The smallest absolute Gasteiger partial charge is 0.179 e. The summed E-state index contributed by atoms with van der Waals surface area (Å²) in [5.41, 5.74) is 7.12. The number of fused-ring (bicyclic) bond motifs is 1. The normalized spacial score (nSPS) is 23.9. The van der Waals surface area contributed by atoms with Gasteiger partial charge in [-0.3, -0.25) is 4.90 Å². The molecule has 3 rings (SSSR count). The fourth-order valence-electron chi connectivity index (χ4n) is 3.07. The molecule has 0 aliphatic carbocycles. The van der Waals surface area contributed by atoms with E-state index < -0.39 is 0 Å². The molecule has 0 spiro atoms. The number of rotatable bonds is 3. The van der Waals surface area contributed by atoms with Crippen molar-refractivity contribution in [3.05, 3.63) is 22.7 Å². The van der Waals surface area contributed by atoms with E-state index in [-0.39, 0.29) is 6.04 Å². The lowest BCUT2D eigenvalue weighted by Gasteiger charge is -2.29. The lowest BCUT2D eigenvalue weighted by Crippen LogP contribution is -2.32. The van der Waals surface area contributed by atoms with E-state index in [1.54, 1.807) is 0 Å². The van der Waals surface area contributed by atoms with Crippen molar-refractivity contribution in [3.8, 4) is 11.5 Å². The minimum absolute atomic E-state index is 0.202. The molecule has 1 saturated heterocycles. The summed E-state index contributed by atoms with van der Waals surface area (Å²) in [5, 5.41) is 0.614. The minimum Gasteiger partial charge on any atom is -0.486 e. The number of nitrogens with zero attached hydrogens (tertiary/aromatic N) is 1. The van der Waals surface area contributed by atoms with Gasteiger partial charge in [-0.15, -0.1) is 0 Å². The molecule has 2 heterocycles. The van der Waals surface area contributed by atoms with Crippen LogP contribution in [0.15, 0.2) is 12.1 Å². The molecule has 1 aromatic rings. The number of benzene rings is 1. The summed E-state index contributed by atoms with van der Waals surface area (Å²) in [6, 6.07) is 4.20. The fraction of sp³-hybridized carbons (Fsp3) is 0.600. The van der Waals surface area contributed by atoms with Gasteiger partial charge in [-0.2, -0.15) is 0 Å². The van der Waals surface area contributed by atoms with Gasteiger partial charge in [-0.05, 0) is 36.6 Å². The monoisotopic (exact) mass is 296 g/mol. The summed E-state index contributed by atoms with van der Waals surface area (Å²) in [6.45, 7) is 6.17. The zero-order chi connectivity index (χ0) is 14.1. The first-order chi connectivity index (χ1) is 9.69. The number of likely N-dealkylation sites (tertiary alicyclic amines) is 1. The first-order valence-electron chi connectivity index (χ1n) is 7.22. The van der Waals surface area contributed by atoms with Crippen molar-refractivity contribution in [2.24, 2.45) is 11.7 Å². The Balaban J connectivity index is 1.90. The third-order valence-corrected chi connectivity index (χ3v) is 4.40. The summed E-state index contributed by atoms with van der Waals surface area (Å²) in [7, 11) is 0. The van der Waals surface area contributed by atoms with Gasteiger partial charge in [0, 0.05) is 19.1 Å². The molecule has 0 aromatic heterocycles. The molecule has 2 atom stereocenters. The zero-order valence-electron chi connectivity index (χ0n) is 11.8. The second kappa shape index (κ2) is 5.80. The van der Waals surface area contributed by atoms with Gasteiger partial charge < -0.3 is 15.2 Å². The summed E-state index contributed by atoms with van der Waals surface area (Å²) in [5.74, 6) is 2.13. The number of hydrogen-bond donors (Lipinski definition) is 1. The molecule has 1 aromatic carbocycles. The second-order valence-corrected chi connectivity index (χ2v) is 6.07. The van der Waals surface area contributed by atoms with E-state index >= 15 is 0 Å². The molecule has 5 heteroatoms. The van der Waals surface area contributed by atoms with E-state index in [0.717, 1.165) is 30.3 Å². The molecule has 0 radical (unpaired) electrons. The molecular formula is C15H21ClN2O2. The van der Waals surface area contributed by atoms with Gasteiger partial charge in [-0.1, -0.05) is 18.5 Å². The Labute approximate surface area is 124 Å². The average molecular weight is 297 g/mol. The van der Waals surface area contributed by atoms with Crippen molar-refractivity contribution in [1.29, 1.82) is 0 Å². The van der Waals surface area contributed by atoms with Crippen LogP contribution in [0.2, 0.25) is 5.02 Å². The van der Waals surface area contributed by atoms with E-state index in [1.165, 1.54) is 6.42 Å². The first kappa shape index (κ1) is 14.0. The number of nitrogens with two attached hydrogens (primary N) is 1. The van der Waals surface area contributed by atoms with Gasteiger partial charge in [-0.25, -0.2) is 0 Å². The van der Waals surface area contributed by atoms with Crippen molar-refractivity contribution in [2.75, 3.05) is 32.8 Å². The van der Waals surface area contributed by atoms with Crippen LogP contribution >= 0.6 is 11.6 Å². The van der Waals surface area contributed by atoms with Crippen LogP contribution in [0.3, 0.4) is 0 Å². The Morgan fingerprint density at radius 3 is 2.90 bits per heavy atom. The predicted molar refractivity (Wildman–Crippen MR) is 79.6 cm³/mol. The minimum atomic E-state index is 0.202. The standard InChI is InChI=1S/C15H21ClN2O2/c1-10-2-3-18(9-10)13(8-17)11-6-12(16)15-14(7-11)19-4-5-20-15/h6-7,10,13H,2-5,8-9,17H2,1H3. The number of ether oxygens (including phenoxy) is 2. The fourth-order valence-corrected chi connectivity index (χ4v) is 3.35. The molecule has 2 unspecified atom stereocenters. The molecule has 4 nitrogen and oxygen atoms in total. The highest BCUT2D eigenvalue weighted by Crippen LogP contribution is 2.41. The van der Waals surface area contributed by atoms with Crippen LogP contribution in [0.5, 0.6) is 11.5 Å². The van der Waals surface area contributed by atoms with Crippen LogP contribution in [0, 0.1) is 5.92 Å². The van der Waals surface area contributed by atoms with Crippen molar-refractivity contribution in [2.45, 2.75) is 19.4 Å². The third-order valence-electron chi connectivity index (χ3n) is 4.12. The topological polar surface area (TPSA) is 47.7 Å². The Morgan fingerprint density at radius 2 is 2.20 bits per heavy atom. The summed E-state index contributed by atoms with van der Waals surface area (Å²) in [4.78, 5) is 2.44. The number of hydrogen-bond acceptors (Lipinski definition) is 4. The SMILES string of the molecule is CC1CCN(C(CN)c2cc(Cl)c3c(c2)OCCO3)C1. The maximum Gasteiger partial charge on any atom is 0.179 e. The molecule has 2 aliphatic rings. The quantitative estimate of drug-likeness (QED) is 0.931. The highest BCUT2D eigenvalue weighted by Gasteiger charge is 2.28. The van der Waals surface area contributed by atoms with Crippen LogP contribution in [-0.4, -0.2) is 37.7 Å². The van der Waals surface area contributed by atoms with Crippen molar-refractivity contribution in [1.82, 2.24) is 4.90 Å². The van der Waals surface area contributed by atoms with Crippen molar-refractivity contribution >= 4 is 11.6 Å². The van der Waals surface area contributed by atoms with Gasteiger partial charge in [0.25, 0.3) is 0 Å². The molecule has 110 valence electrons. The summed E-state index contributed by atoms with van der Waals surface area (Å²) < 4.78 is 11.2. The highest BCUT2D eigenvalue weighted by molar-refractivity contribution is 6.32. The van der Waals surface area contributed by atoms with Crippen LogP contribution in [0.1, 0.15) is 24.9 Å². The maximum atomic E-state index is 6.32. The molecule has 0 amide bonds. The average Bonchev–Trinajstić information content (AvgIpc) is 2.86. The van der Waals surface area contributed by atoms with Gasteiger partial charge >= 0.3 is 0 Å². The third kappa shape index (κ3) is 2.60. The molecule has 1 fully saturated rings. The number of halogens is 1. The molecular weight excluding hydrogens is 276 g/mol. The van der Waals surface area contributed by atoms with E-state index in [2.05, 4.69) is 11.8 Å². The van der Waals surface area contributed by atoms with Gasteiger partial charge in [0.15, 0.2) is 11.5 Å². The van der Waals surface area contributed by atoms with Crippen molar-refractivity contribution in [3.63, 3.8) is 0 Å². The van der Waals surface area contributed by atoms with Crippen LogP contribution < -0.4 is 15.2 Å². The maximum absolute atomic E-state index is 6.32. The molecule has 2 N–H and O–H groups in total. The summed E-state index contributed by atoms with van der Waals surface area (Å²) in [6.07, 6.45) is 1.23. The second-order valence-electron chi connectivity index (χ2n) is 5.67. The van der Waals surface area contributed by atoms with Crippen LogP contribution in [0.25, 0.3) is 0 Å². The molecule has 20 heavy (non-hydrogen) atoms. The van der Waals surface area contributed by atoms with Crippen LogP contribution in [-0.2, 0) is 0 Å². The Bertz CT molecular complexity index is 495. The first-order valence-corrected chi connectivity index (χ1v) is 7.60. The lowest BCUT2D eigenvalue weighted by molar-refractivity contribution is 0.170. The van der Waals surface area contributed by atoms with Gasteiger partial charge in [0.2, 0.25) is 0 Å². The Hall–Kier alpha value is -0.970. The molecule has 2 aliphatic heterocycles. The van der Waals surface area contributed by atoms with E-state index in [1.807, 2.05) is 12.1 Å². The Kier molecular flexibility index (Phi) is 4.06. The predicted octanol–water partition coefficient (Wildman–Crippen LogP) is 2.45.